The quantitative estimate of drug-likeness (QED) is 0.514. The highest BCUT2D eigenvalue weighted by atomic mass is 35.5. The van der Waals surface area contributed by atoms with Crippen molar-refractivity contribution in [3.05, 3.63) is 100 Å². The van der Waals surface area contributed by atoms with Crippen molar-refractivity contribution in [3.8, 4) is 0 Å². The SMILES string of the molecule is CCc1cccc(C)c1NC(=O)C[C@H](NC(=O)c1ccccc1Cl)c1ccccc1. The van der Waals surface area contributed by atoms with E-state index in [2.05, 4.69) is 17.6 Å². The van der Waals surface area contributed by atoms with Gasteiger partial charge in [0.05, 0.1) is 23.0 Å². The zero-order valence-electron chi connectivity index (χ0n) is 17.1. The summed E-state index contributed by atoms with van der Waals surface area (Å²) in [4.78, 5) is 25.7. The second kappa shape index (κ2) is 10.1. The van der Waals surface area contributed by atoms with Gasteiger partial charge in [-0.1, -0.05) is 79.2 Å². The molecule has 0 bridgehead atoms. The van der Waals surface area contributed by atoms with Gasteiger partial charge in [-0.25, -0.2) is 0 Å². The maximum Gasteiger partial charge on any atom is 0.253 e. The average molecular weight is 421 g/mol. The largest absolute Gasteiger partial charge is 0.345 e. The Morgan fingerprint density at radius 1 is 0.933 bits per heavy atom. The predicted molar refractivity (Wildman–Crippen MR) is 122 cm³/mol. The second-order valence-electron chi connectivity index (χ2n) is 7.13. The third-order valence-corrected chi connectivity index (χ3v) is 5.35. The highest BCUT2D eigenvalue weighted by Crippen LogP contribution is 2.24. The smallest absolute Gasteiger partial charge is 0.253 e. The Kier molecular flexibility index (Phi) is 7.26. The van der Waals surface area contributed by atoms with E-state index < -0.39 is 6.04 Å². The van der Waals surface area contributed by atoms with Gasteiger partial charge in [-0.3, -0.25) is 9.59 Å². The van der Waals surface area contributed by atoms with Gasteiger partial charge >= 0.3 is 0 Å². The molecule has 0 spiro atoms. The van der Waals surface area contributed by atoms with Crippen molar-refractivity contribution in [1.29, 1.82) is 0 Å². The van der Waals surface area contributed by atoms with Crippen LogP contribution in [0, 0.1) is 6.92 Å². The molecule has 0 aliphatic carbocycles. The van der Waals surface area contributed by atoms with E-state index in [-0.39, 0.29) is 18.2 Å². The maximum atomic E-state index is 12.9. The van der Waals surface area contributed by atoms with Gasteiger partial charge in [0.2, 0.25) is 5.91 Å². The Morgan fingerprint density at radius 2 is 1.63 bits per heavy atom. The topological polar surface area (TPSA) is 58.2 Å². The van der Waals surface area contributed by atoms with Crippen LogP contribution in [0.3, 0.4) is 0 Å². The Balaban J connectivity index is 1.81. The molecule has 5 heteroatoms. The molecule has 0 aromatic heterocycles. The Bertz CT molecular complexity index is 1030. The molecular formula is C25H25ClN2O2. The van der Waals surface area contributed by atoms with Crippen LogP contribution in [0.25, 0.3) is 0 Å². The van der Waals surface area contributed by atoms with E-state index in [0.29, 0.717) is 10.6 Å². The van der Waals surface area contributed by atoms with E-state index in [1.54, 1.807) is 24.3 Å². The summed E-state index contributed by atoms with van der Waals surface area (Å²) in [6, 6.07) is 21.8. The monoisotopic (exact) mass is 420 g/mol. The van der Waals surface area contributed by atoms with E-state index in [1.165, 1.54) is 0 Å². The number of hydrogen-bond donors (Lipinski definition) is 2. The minimum Gasteiger partial charge on any atom is -0.345 e. The number of aryl methyl sites for hydroxylation is 2. The lowest BCUT2D eigenvalue weighted by atomic mass is 10.0. The van der Waals surface area contributed by atoms with Gasteiger partial charge < -0.3 is 10.6 Å². The normalized spacial score (nSPS) is 11.6. The summed E-state index contributed by atoms with van der Waals surface area (Å²) in [5, 5.41) is 6.38. The molecule has 0 heterocycles. The van der Waals surface area contributed by atoms with Gasteiger partial charge in [0.1, 0.15) is 0 Å². The number of para-hydroxylation sites is 1. The first kappa shape index (κ1) is 21.6. The van der Waals surface area contributed by atoms with E-state index in [0.717, 1.165) is 28.8 Å². The molecule has 0 aliphatic rings. The number of carbonyl (C=O) groups excluding carboxylic acids is 2. The standard InChI is InChI=1S/C25H25ClN2O2/c1-3-18-13-9-10-17(2)24(18)28-23(29)16-22(19-11-5-4-6-12-19)27-25(30)20-14-7-8-15-21(20)26/h4-15,22H,3,16H2,1-2H3,(H,27,30)(H,28,29)/t22-/m0/s1. The van der Waals surface area contributed by atoms with Gasteiger partial charge in [0.25, 0.3) is 5.91 Å². The number of amides is 2. The fraction of sp³-hybridized carbons (Fsp3) is 0.200. The lowest BCUT2D eigenvalue weighted by Gasteiger charge is -2.20. The minimum absolute atomic E-state index is 0.109. The number of benzene rings is 3. The van der Waals surface area contributed by atoms with E-state index in [1.807, 2.05) is 55.5 Å². The van der Waals surface area contributed by atoms with Crippen molar-refractivity contribution in [2.24, 2.45) is 0 Å². The molecular weight excluding hydrogens is 396 g/mol. The van der Waals surface area contributed by atoms with Crippen molar-refractivity contribution in [1.82, 2.24) is 5.32 Å². The highest BCUT2D eigenvalue weighted by Gasteiger charge is 2.21. The Labute approximate surface area is 182 Å². The summed E-state index contributed by atoms with van der Waals surface area (Å²) < 4.78 is 0. The van der Waals surface area contributed by atoms with Crippen LogP contribution >= 0.6 is 11.6 Å². The first-order valence-corrected chi connectivity index (χ1v) is 10.4. The van der Waals surface area contributed by atoms with Crippen LogP contribution in [0.2, 0.25) is 5.02 Å². The molecule has 0 fully saturated rings. The molecule has 1 atom stereocenters. The molecule has 3 rings (SSSR count). The van der Waals surface area contributed by atoms with Gasteiger partial charge in [-0.15, -0.1) is 0 Å². The van der Waals surface area contributed by atoms with Crippen LogP contribution in [0.1, 0.15) is 46.4 Å². The Hall–Kier alpha value is -3.11. The van der Waals surface area contributed by atoms with Crippen LogP contribution in [-0.2, 0) is 11.2 Å². The van der Waals surface area contributed by atoms with Crippen LogP contribution < -0.4 is 10.6 Å². The van der Waals surface area contributed by atoms with Crippen LogP contribution in [0.4, 0.5) is 5.69 Å². The van der Waals surface area contributed by atoms with Gasteiger partial charge in [0, 0.05) is 5.69 Å². The third kappa shape index (κ3) is 5.28. The van der Waals surface area contributed by atoms with Crippen LogP contribution in [0.5, 0.6) is 0 Å². The first-order valence-electron chi connectivity index (χ1n) is 9.98. The summed E-state index contributed by atoms with van der Waals surface area (Å²) in [7, 11) is 0. The van der Waals surface area contributed by atoms with Crippen molar-refractivity contribution in [2.45, 2.75) is 32.7 Å². The summed E-state index contributed by atoms with van der Waals surface area (Å²) in [6.07, 6.45) is 0.931. The molecule has 3 aromatic rings. The lowest BCUT2D eigenvalue weighted by Crippen LogP contribution is -2.32. The highest BCUT2D eigenvalue weighted by molar-refractivity contribution is 6.33. The number of nitrogens with one attached hydrogen (secondary N) is 2. The first-order chi connectivity index (χ1) is 14.5. The number of rotatable bonds is 7. The van der Waals surface area contributed by atoms with Crippen LogP contribution in [-0.4, -0.2) is 11.8 Å². The maximum absolute atomic E-state index is 12.9. The summed E-state index contributed by atoms with van der Waals surface area (Å²) in [5.74, 6) is -0.472. The molecule has 2 amide bonds. The number of halogens is 1. The molecule has 154 valence electrons. The van der Waals surface area contributed by atoms with Gasteiger partial charge in [0.15, 0.2) is 0 Å². The van der Waals surface area contributed by atoms with Crippen molar-refractivity contribution in [3.63, 3.8) is 0 Å². The molecule has 3 aromatic carbocycles. The second-order valence-corrected chi connectivity index (χ2v) is 7.54. The number of carbonyl (C=O) groups is 2. The van der Waals surface area contributed by atoms with E-state index >= 15 is 0 Å². The fourth-order valence-corrected chi connectivity index (χ4v) is 3.62. The van der Waals surface area contributed by atoms with Gasteiger partial charge in [-0.05, 0) is 42.2 Å². The molecule has 4 nitrogen and oxygen atoms in total. The molecule has 30 heavy (non-hydrogen) atoms. The minimum atomic E-state index is -0.482. The number of hydrogen-bond acceptors (Lipinski definition) is 2. The Morgan fingerprint density at radius 3 is 2.33 bits per heavy atom. The molecule has 0 aliphatic heterocycles. The predicted octanol–water partition coefficient (Wildman–Crippen LogP) is 5.71. The van der Waals surface area contributed by atoms with Crippen LogP contribution in [0.15, 0.2) is 72.8 Å². The molecule has 0 saturated carbocycles. The molecule has 0 saturated heterocycles. The molecule has 2 N–H and O–H groups in total. The van der Waals surface area contributed by atoms with Crippen molar-refractivity contribution in [2.75, 3.05) is 5.32 Å². The third-order valence-electron chi connectivity index (χ3n) is 5.02. The zero-order chi connectivity index (χ0) is 21.5. The summed E-state index contributed by atoms with van der Waals surface area (Å²) >= 11 is 6.17. The summed E-state index contributed by atoms with van der Waals surface area (Å²) in [5.41, 5.74) is 4.18. The van der Waals surface area contributed by atoms with Gasteiger partial charge in [-0.2, -0.15) is 0 Å². The van der Waals surface area contributed by atoms with E-state index in [4.69, 9.17) is 11.6 Å². The molecule has 0 unspecified atom stereocenters. The lowest BCUT2D eigenvalue weighted by molar-refractivity contribution is -0.116. The summed E-state index contributed by atoms with van der Waals surface area (Å²) in [6.45, 7) is 4.03. The number of anilines is 1. The average Bonchev–Trinajstić information content (AvgIpc) is 2.75. The van der Waals surface area contributed by atoms with Crippen molar-refractivity contribution < 1.29 is 9.59 Å². The van der Waals surface area contributed by atoms with E-state index in [9.17, 15) is 9.59 Å². The molecule has 0 radical (unpaired) electrons. The zero-order valence-corrected chi connectivity index (χ0v) is 17.9. The fourth-order valence-electron chi connectivity index (χ4n) is 3.40. The van der Waals surface area contributed by atoms with Crippen molar-refractivity contribution >= 4 is 29.1 Å².